The molecule has 0 spiro atoms. The number of amides is 3. The molecule has 0 aromatic heterocycles. The number of benzene rings is 1. The highest BCUT2D eigenvalue weighted by Gasteiger charge is 2.39. The van der Waals surface area contributed by atoms with E-state index in [4.69, 9.17) is 0 Å². The minimum atomic E-state index is -0.590. The van der Waals surface area contributed by atoms with E-state index in [1.165, 1.54) is 0 Å². The van der Waals surface area contributed by atoms with Crippen LogP contribution in [0.2, 0.25) is 0 Å². The maximum Gasteiger partial charge on any atom is 0.324 e. The Bertz CT molecular complexity index is 874. The number of rotatable bonds is 4. The maximum absolute atomic E-state index is 12.8. The summed E-state index contributed by atoms with van der Waals surface area (Å²) in [5, 5.41) is 10.0. The number of imide groups is 1. The highest BCUT2D eigenvalue weighted by atomic mass is 16.2. The molecule has 0 bridgehead atoms. The third-order valence-corrected chi connectivity index (χ3v) is 5.33. The molecule has 4 rings (SSSR count). The van der Waals surface area contributed by atoms with E-state index >= 15 is 0 Å². The van der Waals surface area contributed by atoms with Crippen molar-refractivity contribution in [2.24, 2.45) is 5.11 Å². The number of nitrogens with one attached hydrogen (secondary N) is 2. The number of hydrogen-bond acceptors (Lipinski definition) is 5. The fourth-order valence-electron chi connectivity index (χ4n) is 3.95. The molecular formula is C19H22N5O3+. The molecule has 3 unspecified atom stereocenters. The van der Waals surface area contributed by atoms with Gasteiger partial charge in [0.25, 0.3) is 5.91 Å². The smallest absolute Gasteiger partial charge is 0.322 e. The second-order valence-electron chi connectivity index (χ2n) is 7.11. The van der Waals surface area contributed by atoms with Crippen molar-refractivity contribution in [1.29, 1.82) is 0 Å². The zero-order valence-electron chi connectivity index (χ0n) is 15.1. The van der Waals surface area contributed by atoms with Gasteiger partial charge in [-0.15, -0.1) is 0 Å². The Morgan fingerprint density at radius 2 is 2.19 bits per heavy atom. The molecule has 0 radical (unpaired) electrons. The van der Waals surface area contributed by atoms with Crippen LogP contribution in [0.5, 0.6) is 0 Å². The van der Waals surface area contributed by atoms with E-state index in [0.29, 0.717) is 18.5 Å². The van der Waals surface area contributed by atoms with Crippen LogP contribution in [0.15, 0.2) is 23.3 Å². The second-order valence-corrected chi connectivity index (χ2v) is 7.11. The Labute approximate surface area is 156 Å². The first-order valence-corrected chi connectivity index (χ1v) is 9.31. The summed E-state index contributed by atoms with van der Waals surface area (Å²) in [7, 11) is 0. The summed E-state index contributed by atoms with van der Waals surface area (Å²) in [6, 6.07) is 5.28. The topological polar surface area (TPSA) is 105 Å². The molecule has 3 heterocycles. The minimum Gasteiger partial charge on any atom is -0.322 e. The number of hydrogen-bond donors (Lipinski definition) is 2. The molecular weight excluding hydrogens is 346 g/mol. The molecule has 1 aromatic rings. The number of nitrogens with zero attached hydrogens (tertiary/aromatic N) is 3. The Morgan fingerprint density at radius 1 is 1.33 bits per heavy atom. The van der Waals surface area contributed by atoms with Crippen LogP contribution in [0.4, 0.5) is 0 Å². The molecule has 27 heavy (non-hydrogen) atoms. The van der Waals surface area contributed by atoms with Gasteiger partial charge < -0.3 is 10.2 Å². The lowest BCUT2D eigenvalue weighted by Gasteiger charge is -2.29. The first-order valence-electron chi connectivity index (χ1n) is 9.31. The zero-order valence-corrected chi connectivity index (χ0v) is 15.1. The third kappa shape index (κ3) is 3.29. The Hall–Kier alpha value is -2.83. The lowest BCUT2D eigenvalue weighted by molar-refractivity contribution is -0.136. The third-order valence-electron chi connectivity index (χ3n) is 5.33. The molecule has 3 atom stereocenters. The first-order chi connectivity index (χ1) is 13.1. The quantitative estimate of drug-likeness (QED) is 0.600. The predicted octanol–water partition coefficient (Wildman–Crippen LogP) is 0.602. The monoisotopic (exact) mass is 368 g/mol. The zero-order chi connectivity index (χ0) is 19.0. The average molecular weight is 368 g/mol. The van der Waals surface area contributed by atoms with E-state index in [1.807, 2.05) is 24.4 Å². The number of fused-ring (bicyclic) bond motifs is 1. The van der Waals surface area contributed by atoms with Gasteiger partial charge in [-0.25, -0.2) is 0 Å². The van der Waals surface area contributed by atoms with Gasteiger partial charge in [0.05, 0.1) is 5.11 Å². The van der Waals surface area contributed by atoms with Gasteiger partial charge >= 0.3 is 6.21 Å². The van der Waals surface area contributed by atoms with Crippen LogP contribution < -0.4 is 10.6 Å². The van der Waals surface area contributed by atoms with Gasteiger partial charge in [0, 0.05) is 29.7 Å². The van der Waals surface area contributed by atoms with Crippen LogP contribution in [0.1, 0.15) is 53.7 Å². The Balaban J connectivity index is 1.54. The fourth-order valence-corrected chi connectivity index (χ4v) is 3.95. The van der Waals surface area contributed by atoms with Gasteiger partial charge in [-0.1, -0.05) is 19.1 Å². The highest BCUT2D eigenvalue weighted by Crippen LogP contribution is 2.31. The number of piperidine rings is 1. The van der Waals surface area contributed by atoms with E-state index in [1.54, 1.807) is 4.90 Å². The van der Waals surface area contributed by atoms with Crippen molar-refractivity contribution in [3.63, 3.8) is 0 Å². The average Bonchev–Trinajstić information content (AvgIpc) is 2.98. The van der Waals surface area contributed by atoms with Crippen molar-refractivity contribution >= 4 is 23.9 Å². The lowest BCUT2D eigenvalue weighted by atomic mass is 9.96. The summed E-state index contributed by atoms with van der Waals surface area (Å²) in [6.07, 6.45) is 3.27. The summed E-state index contributed by atoms with van der Waals surface area (Å²) in [5.74, 6) is -0.828. The summed E-state index contributed by atoms with van der Waals surface area (Å²) in [4.78, 5) is 41.9. The van der Waals surface area contributed by atoms with E-state index in [9.17, 15) is 14.4 Å². The molecule has 2 N–H and O–H groups in total. The van der Waals surface area contributed by atoms with Gasteiger partial charge in [-0.2, -0.15) is 0 Å². The van der Waals surface area contributed by atoms with E-state index in [2.05, 4.69) is 27.5 Å². The molecule has 0 aliphatic carbocycles. The molecule has 140 valence electrons. The number of carbonyl (C=O) groups is 3. The summed E-state index contributed by atoms with van der Waals surface area (Å²) in [5.41, 5.74) is 2.53. The second kappa shape index (κ2) is 7.06. The summed E-state index contributed by atoms with van der Waals surface area (Å²) >= 11 is 0. The van der Waals surface area contributed by atoms with Crippen LogP contribution in [0.25, 0.3) is 0 Å². The van der Waals surface area contributed by atoms with E-state index < -0.39 is 11.9 Å². The molecule has 1 fully saturated rings. The van der Waals surface area contributed by atoms with Gasteiger partial charge in [-0.3, -0.25) is 19.7 Å². The van der Waals surface area contributed by atoms with Crippen molar-refractivity contribution in [3.05, 3.63) is 34.9 Å². The van der Waals surface area contributed by atoms with Gasteiger partial charge in [0.1, 0.15) is 12.1 Å². The molecule has 3 aliphatic heterocycles. The highest BCUT2D eigenvalue weighted by molar-refractivity contribution is 6.05. The standard InChI is InChI=1S/C19H21N5O3/c1-2-20-13-8-15(23-21-9-13)11-3-4-14-12(7-11)10-24(19(14)27)16-5-6-17(25)22-18(16)26/h3-4,7,9,13,15-16,20H,2,5-6,8,10H2,1H3/p+1. The van der Waals surface area contributed by atoms with Crippen molar-refractivity contribution < 1.29 is 19.2 Å². The Kier molecular flexibility index (Phi) is 4.59. The SMILES string of the molecule is CCNC1C=[N+]=NC(c2ccc3c(c2)CN(C2CCC(=O)NC2=O)C3=O)C1. The fraction of sp³-hybridized carbons (Fsp3) is 0.474. The van der Waals surface area contributed by atoms with Crippen LogP contribution in [-0.2, 0) is 16.1 Å². The maximum atomic E-state index is 12.8. The molecule has 0 saturated carbocycles. The van der Waals surface area contributed by atoms with Crippen LogP contribution in [-0.4, -0.2) is 52.3 Å². The van der Waals surface area contributed by atoms with Gasteiger partial charge in [-0.05, 0) is 30.2 Å². The van der Waals surface area contributed by atoms with E-state index in [0.717, 1.165) is 24.1 Å². The molecule has 1 aromatic carbocycles. The van der Waals surface area contributed by atoms with Crippen LogP contribution >= 0.6 is 0 Å². The number of carbonyl (C=O) groups excluding carboxylic acids is 3. The van der Waals surface area contributed by atoms with Crippen molar-refractivity contribution in [1.82, 2.24) is 15.5 Å². The van der Waals surface area contributed by atoms with Crippen molar-refractivity contribution in [3.8, 4) is 0 Å². The largest absolute Gasteiger partial charge is 0.324 e. The summed E-state index contributed by atoms with van der Waals surface area (Å²) in [6.45, 7) is 3.29. The summed E-state index contributed by atoms with van der Waals surface area (Å²) < 4.78 is 0. The molecule has 3 aliphatic rings. The minimum absolute atomic E-state index is 0.0518. The molecule has 1 saturated heterocycles. The van der Waals surface area contributed by atoms with Crippen molar-refractivity contribution in [2.75, 3.05) is 6.54 Å². The molecule has 3 amide bonds. The Morgan fingerprint density at radius 3 is 2.96 bits per heavy atom. The first kappa shape index (κ1) is 17.6. The van der Waals surface area contributed by atoms with Gasteiger partial charge in [0.15, 0.2) is 6.04 Å². The lowest BCUT2D eigenvalue weighted by Crippen LogP contribution is -2.52. The molecule has 8 heteroatoms. The van der Waals surface area contributed by atoms with E-state index in [-0.39, 0.29) is 30.3 Å². The predicted molar refractivity (Wildman–Crippen MR) is 96.1 cm³/mol. The normalized spacial score (nSPS) is 27.1. The van der Waals surface area contributed by atoms with Crippen LogP contribution in [0.3, 0.4) is 0 Å². The van der Waals surface area contributed by atoms with Crippen molar-refractivity contribution in [2.45, 2.75) is 50.9 Å². The molecule has 8 nitrogen and oxygen atoms in total. The van der Waals surface area contributed by atoms with Gasteiger partial charge in [0.2, 0.25) is 11.8 Å². The van der Waals surface area contributed by atoms with Crippen LogP contribution in [0, 0.1) is 0 Å².